The van der Waals surface area contributed by atoms with Gasteiger partial charge in [0, 0.05) is 13.6 Å². The van der Waals surface area contributed by atoms with E-state index in [-0.39, 0.29) is 17.7 Å². The van der Waals surface area contributed by atoms with Gasteiger partial charge in [0.2, 0.25) is 5.95 Å². The van der Waals surface area contributed by atoms with Gasteiger partial charge in [-0.2, -0.15) is 4.98 Å². The van der Waals surface area contributed by atoms with Crippen molar-refractivity contribution in [3.05, 3.63) is 20.8 Å². The van der Waals surface area contributed by atoms with Crippen molar-refractivity contribution >= 4 is 17.1 Å². The first-order valence-electron chi connectivity index (χ1n) is 8.21. The van der Waals surface area contributed by atoms with E-state index in [0.717, 1.165) is 25.7 Å². The summed E-state index contributed by atoms with van der Waals surface area (Å²) in [6.07, 6.45) is 3.30. The second-order valence-corrected chi connectivity index (χ2v) is 5.86. The van der Waals surface area contributed by atoms with Crippen LogP contribution >= 0.6 is 0 Å². The fourth-order valence-corrected chi connectivity index (χ4v) is 2.57. The van der Waals surface area contributed by atoms with Crippen molar-refractivity contribution in [2.75, 3.05) is 18.5 Å². The molecular weight excluding hydrogens is 314 g/mol. The van der Waals surface area contributed by atoms with Crippen LogP contribution in [0, 0.1) is 0 Å². The number of nitrogens with one attached hydrogen (secondary N) is 2. The molecule has 0 radical (unpaired) electrons. The molecule has 2 rings (SSSR count). The highest BCUT2D eigenvalue weighted by Crippen LogP contribution is 2.16. The summed E-state index contributed by atoms with van der Waals surface area (Å²) < 4.78 is 2.76. The molecule has 9 nitrogen and oxygen atoms in total. The largest absolute Gasteiger partial charge is 0.394 e. The lowest BCUT2D eigenvalue weighted by molar-refractivity contribution is 0.0825. The molecule has 0 aliphatic heterocycles. The molecule has 4 N–H and O–H groups in total. The molecule has 0 saturated carbocycles. The molecule has 0 amide bonds. The minimum absolute atomic E-state index is 0.00553. The number of hydrogen-bond donors (Lipinski definition) is 4. The molecule has 0 spiro atoms. The van der Waals surface area contributed by atoms with Gasteiger partial charge < -0.3 is 20.1 Å². The van der Waals surface area contributed by atoms with Gasteiger partial charge in [-0.3, -0.25) is 14.3 Å². The fourth-order valence-electron chi connectivity index (χ4n) is 2.57. The lowest BCUT2D eigenvalue weighted by atomic mass is 10.2. The number of fused-ring (bicyclic) bond motifs is 1. The van der Waals surface area contributed by atoms with Crippen molar-refractivity contribution in [3.63, 3.8) is 0 Å². The summed E-state index contributed by atoms with van der Waals surface area (Å²) in [5.41, 5.74) is -0.676. The molecule has 2 aromatic heterocycles. The summed E-state index contributed by atoms with van der Waals surface area (Å²) in [4.78, 5) is 30.5. The number of imidazole rings is 1. The van der Waals surface area contributed by atoms with Gasteiger partial charge >= 0.3 is 5.69 Å². The topological polar surface area (TPSA) is 125 Å². The van der Waals surface area contributed by atoms with E-state index in [1.807, 2.05) is 0 Å². The molecule has 24 heavy (non-hydrogen) atoms. The summed E-state index contributed by atoms with van der Waals surface area (Å²) in [7, 11) is 1.52. The Morgan fingerprint density at radius 1 is 1.29 bits per heavy atom. The van der Waals surface area contributed by atoms with E-state index < -0.39 is 24.0 Å². The third kappa shape index (κ3) is 3.85. The molecule has 0 aliphatic rings. The molecule has 2 aromatic rings. The molecule has 1 atom stereocenters. The zero-order chi connectivity index (χ0) is 17.7. The molecule has 134 valence electrons. The molecule has 0 aromatic carbocycles. The predicted molar refractivity (Wildman–Crippen MR) is 91.3 cm³/mol. The number of H-pyrrole nitrogens is 1. The monoisotopic (exact) mass is 339 g/mol. The third-order valence-electron chi connectivity index (χ3n) is 3.92. The van der Waals surface area contributed by atoms with Crippen molar-refractivity contribution in [1.82, 2.24) is 19.1 Å². The maximum absolute atomic E-state index is 12.2. The third-order valence-corrected chi connectivity index (χ3v) is 3.92. The van der Waals surface area contributed by atoms with Crippen molar-refractivity contribution in [1.29, 1.82) is 0 Å². The number of anilines is 1. The quantitative estimate of drug-likeness (QED) is 0.468. The number of nitrogens with zero attached hydrogens (tertiary/aromatic N) is 3. The lowest BCUT2D eigenvalue weighted by Crippen LogP contribution is -2.30. The lowest BCUT2D eigenvalue weighted by Gasteiger charge is -2.13. The van der Waals surface area contributed by atoms with Gasteiger partial charge in [-0.15, -0.1) is 0 Å². The normalized spacial score (nSPS) is 12.7. The van der Waals surface area contributed by atoms with Crippen LogP contribution < -0.4 is 16.6 Å². The second kappa shape index (κ2) is 8.11. The van der Waals surface area contributed by atoms with Crippen LogP contribution in [0.5, 0.6) is 0 Å². The first-order valence-corrected chi connectivity index (χ1v) is 8.21. The van der Waals surface area contributed by atoms with E-state index in [4.69, 9.17) is 5.11 Å². The number of aliphatic hydroxyl groups excluding tert-OH is 2. The van der Waals surface area contributed by atoms with Gasteiger partial charge in [0.15, 0.2) is 11.2 Å². The summed E-state index contributed by atoms with van der Waals surface area (Å²) in [5, 5.41) is 22.0. The minimum Gasteiger partial charge on any atom is -0.394 e. The van der Waals surface area contributed by atoms with Crippen molar-refractivity contribution in [2.45, 2.75) is 45.3 Å². The summed E-state index contributed by atoms with van der Waals surface area (Å²) >= 11 is 0. The Morgan fingerprint density at radius 3 is 2.71 bits per heavy atom. The van der Waals surface area contributed by atoms with Crippen LogP contribution in [0.1, 0.15) is 32.6 Å². The Morgan fingerprint density at radius 2 is 2.04 bits per heavy atom. The molecule has 0 saturated heterocycles. The van der Waals surface area contributed by atoms with Gasteiger partial charge in [0.25, 0.3) is 5.56 Å². The van der Waals surface area contributed by atoms with E-state index in [0.29, 0.717) is 12.5 Å². The van der Waals surface area contributed by atoms with E-state index in [9.17, 15) is 14.7 Å². The molecule has 0 aliphatic carbocycles. The zero-order valence-corrected chi connectivity index (χ0v) is 14.1. The number of aromatic amines is 1. The SMILES string of the molecule is CCCCCCNc1nc2c(c(=O)[nH]c(=O)n2C)n1CC(O)CO. The van der Waals surface area contributed by atoms with Crippen LogP contribution in [0.3, 0.4) is 0 Å². The first kappa shape index (κ1) is 18.2. The van der Waals surface area contributed by atoms with Crippen molar-refractivity contribution in [3.8, 4) is 0 Å². The first-order chi connectivity index (χ1) is 11.5. The molecule has 2 heterocycles. The average Bonchev–Trinajstić information content (AvgIpc) is 2.91. The van der Waals surface area contributed by atoms with Gasteiger partial charge in [-0.25, -0.2) is 4.79 Å². The maximum atomic E-state index is 12.2. The molecular formula is C15H25N5O4. The Hall–Kier alpha value is -2.13. The Balaban J connectivity index is 2.39. The van der Waals surface area contributed by atoms with Crippen LogP contribution in [-0.4, -0.2) is 48.6 Å². The molecule has 0 bridgehead atoms. The van der Waals surface area contributed by atoms with Crippen LogP contribution in [0.25, 0.3) is 11.2 Å². The van der Waals surface area contributed by atoms with E-state index in [1.165, 1.54) is 16.2 Å². The smallest absolute Gasteiger partial charge is 0.329 e. The van der Waals surface area contributed by atoms with E-state index in [1.54, 1.807) is 0 Å². The Kier molecular flexibility index (Phi) is 6.16. The van der Waals surface area contributed by atoms with E-state index in [2.05, 4.69) is 22.2 Å². The predicted octanol–water partition coefficient (Wildman–Crippen LogP) is -0.231. The average molecular weight is 339 g/mol. The Bertz CT molecular complexity index is 791. The number of aromatic nitrogens is 4. The number of rotatable bonds is 9. The highest BCUT2D eigenvalue weighted by Gasteiger charge is 2.19. The zero-order valence-electron chi connectivity index (χ0n) is 14.1. The summed E-state index contributed by atoms with van der Waals surface area (Å²) in [6.45, 7) is 2.38. The standard InChI is InChI=1S/C15H25N5O4/c1-3-4-5-6-7-16-14-17-12-11(20(14)8-10(22)9-21)13(23)18-15(24)19(12)2/h10,21-22H,3-9H2,1-2H3,(H,16,17)(H,18,23,24). The molecule has 0 fully saturated rings. The number of aryl methyl sites for hydroxylation is 1. The van der Waals surface area contributed by atoms with Crippen LogP contribution in [0.4, 0.5) is 5.95 Å². The van der Waals surface area contributed by atoms with Crippen molar-refractivity contribution < 1.29 is 10.2 Å². The highest BCUT2D eigenvalue weighted by atomic mass is 16.3. The van der Waals surface area contributed by atoms with Crippen LogP contribution in [0.2, 0.25) is 0 Å². The Labute approximate surface area is 139 Å². The highest BCUT2D eigenvalue weighted by molar-refractivity contribution is 5.74. The van der Waals surface area contributed by atoms with Gasteiger partial charge in [0.05, 0.1) is 19.3 Å². The molecule has 9 heteroatoms. The fraction of sp³-hybridized carbons (Fsp3) is 0.667. The maximum Gasteiger partial charge on any atom is 0.329 e. The van der Waals surface area contributed by atoms with Crippen LogP contribution in [-0.2, 0) is 13.6 Å². The van der Waals surface area contributed by atoms with Gasteiger partial charge in [0.1, 0.15) is 0 Å². The van der Waals surface area contributed by atoms with E-state index >= 15 is 0 Å². The van der Waals surface area contributed by atoms with Crippen molar-refractivity contribution in [2.24, 2.45) is 7.05 Å². The number of aliphatic hydroxyl groups is 2. The van der Waals surface area contributed by atoms with Gasteiger partial charge in [-0.1, -0.05) is 26.2 Å². The van der Waals surface area contributed by atoms with Crippen LogP contribution in [0.15, 0.2) is 9.59 Å². The minimum atomic E-state index is -1.03. The number of hydrogen-bond acceptors (Lipinski definition) is 6. The van der Waals surface area contributed by atoms with Gasteiger partial charge in [-0.05, 0) is 6.42 Å². The second-order valence-electron chi connectivity index (χ2n) is 5.86. The number of unbranched alkanes of at least 4 members (excludes halogenated alkanes) is 3. The molecule has 1 unspecified atom stereocenters. The summed E-state index contributed by atoms with van der Waals surface area (Å²) in [5.74, 6) is 0.403. The summed E-state index contributed by atoms with van der Waals surface area (Å²) in [6, 6.07) is 0.